The summed E-state index contributed by atoms with van der Waals surface area (Å²) in [6, 6.07) is 3.96. The zero-order chi connectivity index (χ0) is 9.26. The van der Waals surface area contributed by atoms with Gasteiger partial charge in [0, 0.05) is 0 Å². The van der Waals surface area contributed by atoms with Gasteiger partial charge in [-0.3, -0.25) is 0 Å². The molecule has 1 aliphatic rings. The van der Waals surface area contributed by atoms with E-state index >= 15 is 0 Å². The van der Waals surface area contributed by atoms with Crippen molar-refractivity contribution in [3.63, 3.8) is 0 Å². The molecule has 0 aliphatic heterocycles. The molecule has 2 rings (SSSR count). The predicted octanol–water partition coefficient (Wildman–Crippen LogP) is 3.23. The number of hydrogen-bond donors (Lipinski definition) is 1. The van der Waals surface area contributed by atoms with Crippen molar-refractivity contribution in [1.29, 1.82) is 0 Å². The van der Waals surface area contributed by atoms with Gasteiger partial charge in [0.25, 0.3) is 0 Å². The fourth-order valence-corrected chi connectivity index (χ4v) is 2.38. The van der Waals surface area contributed by atoms with Gasteiger partial charge in [0.2, 0.25) is 0 Å². The summed E-state index contributed by atoms with van der Waals surface area (Å²) in [5.41, 5.74) is 6.10. The third-order valence-electron chi connectivity index (χ3n) is 2.83. The molecule has 1 heterocycles. The van der Waals surface area contributed by atoms with Crippen molar-refractivity contribution >= 4 is 15.9 Å². The van der Waals surface area contributed by atoms with E-state index in [0.29, 0.717) is 5.92 Å². The monoisotopic (exact) mass is 243 g/mol. The highest BCUT2D eigenvalue weighted by Gasteiger charge is 2.25. The van der Waals surface area contributed by atoms with Gasteiger partial charge in [-0.25, -0.2) is 0 Å². The Bertz CT molecular complexity index is 278. The lowest BCUT2D eigenvalue weighted by molar-refractivity contribution is 0.362. The molecule has 1 aromatic heterocycles. The van der Waals surface area contributed by atoms with Crippen LogP contribution in [0.5, 0.6) is 0 Å². The lowest BCUT2D eigenvalue weighted by Crippen LogP contribution is -2.18. The molecule has 0 amide bonds. The van der Waals surface area contributed by atoms with E-state index in [4.69, 9.17) is 10.2 Å². The maximum absolute atomic E-state index is 6.10. The van der Waals surface area contributed by atoms with E-state index in [2.05, 4.69) is 15.9 Å². The molecule has 1 aliphatic carbocycles. The molecule has 1 atom stereocenters. The molecule has 3 heteroatoms. The molecule has 1 fully saturated rings. The first-order chi connectivity index (χ1) is 6.27. The molecular formula is C10H14BrNO. The molecular weight excluding hydrogens is 230 g/mol. The minimum absolute atomic E-state index is 0.0915. The summed E-state index contributed by atoms with van der Waals surface area (Å²) in [7, 11) is 0. The lowest BCUT2D eigenvalue weighted by Gasteiger charge is -2.15. The smallest absolute Gasteiger partial charge is 0.169 e. The van der Waals surface area contributed by atoms with Crippen LogP contribution in [0.2, 0.25) is 0 Å². The van der Waals surface area contributed by atoms with Crippen LogP contribution in [-0.4, -0.2) is 0 Å². The summed E-state index contributed by atoms with van der Waals surface area (Å²) in [5, 5.41) is 0. The summed E-state index contributed by atoms with van der Waals surface area (Å²) < 4.78 is 6.22. The van der Waals surface area contributed by atoms with Gasteiger partial charge >= 0.3 is 0 Å². The van der Waals surface area contributed by atoms with Gasteiger partial charge < -0.3 is 10.2 Å². The molecule has 2 nitrogen and oxygen atoms in total. The molecule has 13 heavy (non-hydrogen) atoms. The summed E-state index contributed by atoms with van der Waals surface area (Å²) >= 11 is 3.29. The Morgan fingerprint density at radius 1 is 1.38 bits per heavy atom. The number of furan rings is 1. The van der Waals surface area contributed by atoms with E-state index in [1.165, 1.54) is 25.7 Å². The number of hydrogen-bond acceptors (Lipinski definition) is 2. The van der Waals surface area contributed by atoms with Crippen LogP contribution in [0.1, 0.15) is 37.5 Å². The number of nitrogens with two attached hydrogens (primary N) is 1. The first-order valence-corrected chi connectivity index (χ1v) is 5.57. The molecule has 2 N–H and O–H groups in total. The number of rotatable bonds is 2. The van der Waals surface area contributed by atoms with Gasteiger partial charge in [0.05, 0.1) is 6.04 Å². The Kier molecular flexibility index (Phi) is 2.74. The van der Waals surface area contributed by atoms with E-state index in [-0.39, 0.29) is 6.04 Å². The van der Waals surface area contributed by atoms with Crippen molar-refractivity contribution < 1.29 is 4.42 Å². The highest BCUT2D eigenvalue weighted by molar-refractivity contribution is 9.10. The minimum Gasteiger partial charge on any atom is -0.453 e. The SMILES string of the molecule is N[C@H](c1ccc(Br)o1)C1CCCC1. The highest BCUT2D eigenvalue weighted by Crippen LogP contribution is 2.35. The van der Waals surface area contributed by atoms with Gasteiger partial charge in [0.15, 0.2) is 4.67 Å². The van der Waals surface area contributed by atoms with Gasteiger partial charge in [-0.2, -0.15) is 0 Å². The maximum Gasteiger partial charge on any atom is 0.169 e. The fraction of sp³-hybridized carbons (Fsp3) is 0.600. The fourth-order valence-electron chi connectivity index (χ4n) is 2.06. The average Bonchev–Trinajstić information content (AvgIpc) is 2.72. The summed E-state index contributed by atoms with van der Waals surface area (Å²) in [4.78, 5) is 0. The van der Waals surface area contributed by atoms with E-state index in [1.54, 1.807) is 0 Å². The van der Waals surface area contributed by atoms with Crippen molar-refractivity contribution in [3.05, 3.63) is 22.6 Å². The van der Waals surface area contributed by atoms with Crippen molar-refractivity contribution in [2.45, 2.75) is 31.7 Å². The molecule has 72 valence electrons. The van der Waals surface area contributed by atoms with E-state index in [0.717, 1.165) is 10.4 Å². The van der Waals surface area contributed by atoms with Crippen molar-refractivity contribution in [3.8, 4) is 0 Å². The Hall–Kier alpha value is -0.280. The van der Waals surface area contributed by atoms with E-state index < -0.39 is 0 Å². The Labute approximate surface area is 86.6 Å². The zero-order valence-corrected chi connectivity index (χ0v) is 9.09. The molecule has 0 radical (unpaired) electrons. The van der Waals surface area contributed by atoms with Crippen molar-refractivity contribution in [2.24, 2.45) is 11.7 Å². The Balaban J connectivity index is 2.07. The third kappa shape index (κ3) is 1.97. The Morgan fingerprint density at radius 2 is 2.08 bits per heavy atom. The normalized spacial score (nSPS) is 20.8. The van der Waals surface area contributed by atoms with Crippen molar-refractivity contribution in [2.75, 3.05) is 0 Å². The van der Waals surface area contributed by atoms with Gasteiger partial charge in [-0.05, 0) is 46.8 Å². The molecule has 0 bridgehead atoms. The van der Waals surface area contributed by atoms with Gasteiger partial charge in [-0.1, -0.05) is 12.8 Å². The first-order valence-electron chi connectivity index (χ1n) is 4.78. The largest absolute Gasteiger partial charge is 0.453 e. The standard InChI is InChI=1S/C10H14BrNO/c11-9-6-5-8(13-9)10(12)7-3-1-2-4-7/h5-7,10H,1-4,12H2/t10-/m0/s1. The third-order valence-corrected chi connectivity index (χ3v) is 3.26. The van der Waals surface area contributed by atoms with Crippen LogP contribution in [0.25, 0.3) is 0 Å². The Morgan fingerprint density at radius 3 is 2.62 bits per heavy atom. The number of halogens is 1. The predicted molar refractivity (Wildman–Crippen MR) is 55.3 cm³/mol. The molecule has 1 saturated carbocycles. The minimum atomic E-state index is 0.0915. The van der Waals surface area contributed by atoms with Gasteiger partial charge in [0.1, 0.15) is 5.76 Å². The molecule has 1 aromatic rings. The van der Waals surface area contributed by atoms with E-state index in [9.17, 15) is 0 Å². The molecule has 0 spiro atoms. The van der Waals surface area contributed by atoms with Crippen LogP contribution in [0, 0.1) is 5.92 Å². The van der Waals surface area contributed by atoms with Crippen LogP contribution in [0.4, 0.5) is 0 Å². The topological polar surface area (TPSA) is 39.2 Å². The second kappa shape index (κ2) is 3.84. The first kappa shape index (κ1) is 9.28. The quantitative estimate of drug-likeness (QED) is 0.867. The molecule has 0 aromatic carbocycles. The molecule has 0 unspecified atom stereocenters. The average molecular weight is 244 g/mol. The lowest BCUT2D eigenvalue weighted by atomic mass is 9.97. The van der Waals surface area contributed by atoms with Gasteiger partial charge in [-0.15, -0.1) is 0 Å². The van der Waals surface area contributed by atoms with E-state index in [1.807, 2.05) is 12.1 Å². The van der Waals surface area contributed by atoms with Crippen LogP contribution in [0.3, 0.4) is 0 Å². The maximum atomic E-state index is 6.10. The molecule has 0 saturated heterocycles. The summed E-state index contributed by atoms with van der Waals surface area (Å²) in [6.45, 7) is 0. The van der Waals surface area contributed by atoms with Crippen LogP contribution in [0.15, 0.2) is 21.2 Å². The zero-order valence-electron chi connectivity index (χ0n) is 7.50. The summed E-state index contributed by atoms with van der Waals surface area (Å²) in [6.07, 6.45) is 5.14. The van der Waals surface area contributed by atoms with Crippen LogP contribution < -0.4 is 5.73 Å². The second-order valence-electron chi connectivity index (χ2n) is 3.71. The van der Waals surface area contributed by atoms with Crippen molar-refractivity contribution in [1.82, 2.24) is 0 Å². The highest BCUT2D eigenvalue weighted by atomic mass is 79.9. The second-order valence-corrected chi connectivity index (χ2v) is 4.49. The van der Waals surface area contributed by atoms with Crippen LogP contribution >= 0.6 is 15.9 Å². The van der Waals surface area contributed by atoms with Crippen LogP contribution in [-0.2, 0) is 0 Å². The summed E-state index contributed by atoms with van der Waals surface area (Å²) in [5.74, 6) is 1.54.